The minimum Gasteiger partial charge on any atom is -0.324 e. The van der Waals surface area contributed by atoms with E-state index in [2.05, 4.69) is 5.32 Å². The summed E-state index contributed by atoms with van der Waals surface area (Å²) in [6.45, 7) is 1.88. The molecular formula is C24H19N3O5. The Morgan fingerprint density at radius 2 is 1.59 bits per heavy atom. The number of nitrogens with one attached hydrogen (secondary N) is 1. The quantitative estimate of drug-likeness (QED) is 0.365. The highest BCUT2D eigenvalue weighted by Gasteiger charge is 2.42. The van der Waals surface area contributed by atoms with Crippen LogP contribution in [-0.2, 0) is 11.2 Å². The fourth-order valence-corrected chi connectivity index (χ4v) is 3.72. The van der Waals surface area contributed by atoms with Crippen LogP contribution in [0.1, 0.15) is 31.8 Å². The van der Waals surface area contributed by atoms with Crippen molar-refractivity contribution < 1.29 is 19.3 Å². The van der Waals surface area contributed by atoms with Crippen molar-refractivity contribution in [2.24, 2.45) is 0 Å². The summed E-state index contributed by atoms with van der Waals surface area (Å²) in [4.78, 5) is 50.7. The van der Waals surface area contributed by atoms with E-state index in [4.69, 9.17) is 0 Å². The lowest BCUT2D eigenvalue weighted by Crippen LogP contribution is -2.48. The van der Waals surface area contributed by atoms with Gasteiger partial charge in [0.25, 0.3) is 17.5 Å². The summed E-state index contributed by atoms with van der Waals surface area (Å²) in [6, 6.07) is 18.1. The van der Waals surface area contributed by atoms with Crippen molar-refractivity contribution in [1.82, 2.24) is 4.90 Å². The van der Waals surface area contributed by atoms with Gasteiger partial charge in [-0.3, -0.25) is 29.4 Å². The zero-order valence-electron chi connectivity index (χ0n) is 17.1. The number of amides is 3. The highest BCUT2D eigenvalue weighted by atomic mass is 16.6. The topological polar surface area (TPSA) is 110 Å². The average molecular weight is 429 g/mol. The number of carbonyl (C=O) groups is 3. The van der Waals surface area contributed by atoms with E-state index in [1.807, 2.05) is 13.0 Å². The first-order valence-corrected chi connectivity index (χ1v) is 9.93. The molecule has 3 aromatic carbocycles. The Bertz CT molecular complexity index is 1200. The molecule has 4 rings (SSSR count). The lowest BCUT2D eigenvalue weighted by Gasteiger charge is -2.25. The summed E-state index contributed by atoms with van der Waals surface area (Å²) in [5.74, 6) is -1.61. The van der Waals surface area contributed by atoms with Crippen LogP contribution in [0.25, 0.3) is 0 Å². The molecular weight excluding hydrogens is 410 g/mol. The number of nitro benzene ring substituents is 1. The molecule has 1 heterocycles. The minimum atomic E-state index is -1.13. The van der Waals surface area contributed by atoms with Crippen molar-refractivity contribution in [3.8, 4) is 0 Å². The van der Waals surface area contributed by atoms with Crippen LogP contribution < -0.4 is 5.32 Å². The van der Waals surface area contributed by atoms with Crippen molar-refractivity contribution in [1.29, 1.82) is 0 Å². The van der Waals surface area contributed by atoms with E-state index in [-0.39, 0.29) is 23.2 Å². The van der Waals surface area contributed by atoms with Gasteiger partial charge in [-0.2, -0.15) is 0 Å². The molecule has 8 nitrogen and oxygen atoms in total. The number of carbonyl (C=O) groups excluding carboxylic acids is 3. The first-order valence-electron chi connectivity index (χ1n) is 9.93. The Morgan fingerprint density at radius 3 is 2.16 bits per heavy atom. The third-order valence-corrected chi connectivity index (χ3v) is 5.30. The SMILES string of the molecule is Cc1cccc(NC(=O)C(Cc2ccc([N+](=O)[O-])cc2)N2C(=O)c3ccccc3C2=O)c1. The minimum absolute atomic E-state index is 0.0150. The fraction of sp³-hybridized carbons (Fsp3) is 0.125. The second-order valence-corrected chi connectivity index (χ2v) is 7.53. The highest BCUT2D eigenvalue weighted by molar-refractivity contribution is 6.23. The molecule has 0 aromatic heterocycles. The number of benzene rings is 3. The summed E-state index contributed by atoms with van der Waals surface area (Å²) in [5.41, 5.74) is 2.46. The molecule has 0 fully saturated rings. The van der Waals surface area contributed by atoms with Crippen LogP contribution in [-0.4, -0.2) is 33.6 Å². The monoisotopic (exact) mass is 429 g/mol. The normalized spacial score (nSPS) is 13.6. The van der Waals surface area contributed by atoms with Gasteiger partial charge < -0.3 is 5.32 Å². The van der Waals surface area contributed by atoms with Crippen LogP contribution in [0.2, 0.25) is 0 Å². The molecule has 1 atom stereocenters. The van der Waals surface area contributed by atoms with E-state index in [9.17, 15) is 24.5 Å². The molecule has 0 saturated heterocycles. The Hall–Kier alpha value is -4.33. The number of nitro groups is 1. The molecule has 0 spiro atoms. The number of aryl methyl sites for hydroxylation is 1. The Morgan fingerprint density at radius 1 is 0.969 bits per heavy atom. The van der Waals surface area contributed by atoms with Crippen LogP contribution in [0.4, 0.5) is 11.4 Å². The molecule has 0 radical (unpaired) electrons. The standard InChI is InChI=1S/C24H19N3O5/c1-15-5-4-6-17(13-15)25-22(28)21(14-16-9-11-18(12-10-16)27(31)32)26-23(29)19-7-2-3-8-20(19)24(26)30/h2-13,21H,14H2,1H3,(H,25,28). The second kappa shape index (κ2) is 8.43. The third-order valence-electron chi connectivity index (χ3n) is 5.30. The van der Waals surface area contributed by atoms with Gasteiger partial charge in [-0.15, -0.1) is 0 Å². The third kappa shape index (κ3) is 3.98. The molecule has 0 bridgehead atoms. The molecule has 8 heteroatoms. The molecule has 1 aliphatic rings. The van der Waals surface area contributed by atoms with E-state index >= 15 is 0 Å². The van der Waals surface area contributed by atoms with Gasteiger partial charge in [0.15, 0.2) is 0 Å². The summed E-state index contributed by atoms with van der Waals surface area (Å²) in [5, 5.41) is 13.7. The predicted molar refractivity (Wildman–Crippen MR) is 117 cm³/mol. The number of hydrogen-bond donors (Lipinski definition) is 1. The van der Waals surface area contributed by atoms with E-state index in [1.54, 1.807) is 42.5 Å². The number of imide groups is 1. The van der Waals surface area contributed by atoms with Gasteiger partial charge >= 0.3 is 0 Å². The van der Waals surface area contributed by atoms with Gasteiger partial charge in [0, 0.05) is 24.2 Å². The first-order chi connectivity index (χ1) is 15.3. The molecule has 160 valence electrons. The fourth-order valence-electron chi connectivity index (χ4n) is 3.72. The van der Waals surface area contributed by atoms with Crippen molar-refractivity contribution >= 4 is 29.1 Å². The van der Waals surface area contributed by atoms with Crippen LogP contribution in [0.3, 0.4) is 0 Å². The summed E-state index contributed by atoms with van der Waals surface area (Å²) >= 11 is 0. The van der Waals surface area contributed by atoms with Crippen LogP contribution in [0.15, 0.2) is 72.8 Å². The van der Waals surface area contributed by atoms with Crippen LogP contribution >= 0.6 is 0 Å². The van der Waals surface area contributed by atoms with E-state index < -0.39 is 28.7 Å². The summed E-state index contributed by atoms with van der Waals surface area (Å²) in [7, 11) is 0. The van der Waals surface area contributed by atoms with Gasteiger partial charge in [0.05, 0.1) is 16.1 Å². The van der Waals surface area contributed by atoms with Crippen molar-refractivity contribution in [3.63, 3.8) is 0 Å². The number of rotatable bonds is 6. The first kappa shape index (κ1) is 20.9. The number of non-ortho nitro benzene ring substituents is 1. The molecule has 1 aliphatic heterocycles. The smallest absolute Gasteiger partial charge is 0.269 e. The molecule has 1 N–H and O–H groups in total. The van der Waals surface area contributed by atoms with E-state index in [0.29, 0.717) is 11.3 Å². The Balaban J connectivity index is 1.68. The number of anilines is 1. The van der Waals surface area contributed by atoms with Crippen molar-refractivity contribution in [2.45, 2.75) is 19.4 Å². The van der Waals surface area contributed by atoms with Crippen molar-refractivity contribution in [3.05, 3.63) is 105 Å². The van der Waals surface area contributed by atoms with Crippen LogP contribution in [0, 0.1) is 17.0 Å². The molecule has 32 heavy (non-hydrogen) atoms. The molecule has 0 saturated carbocycles. The average Bonchev–Trinajstić information content (AvgIpc) is 3.03. The number of nitrogens with zero attached hydrogens (tertiary/aromatic N) is 2. The van der Waals surface area contributed by atoms with Crippen LogP contribution in [0.5, 0.6) is 0 Å². The summed E-state index contributed by atoms with van der Waals surface area (Å²) in [6.07, 6.45) is 0.0150. The van der Waals surface area contributed by atoms with Gasteiger partial charge in [-0.1, -0.05) is 36.4 Å². The molecule has 3 aromatic rings. The van der Waals surface area contributed by atoms with Crippen molar-refractivity contribution in [2.75, 3.05) is 5.32 Å². The van der Waals surface area contributed by atoms with E-state index in [0.717, 1.165) is 10.5 Å². The van der Waals surface area contributed by atoms with Gasteiger partial charge in [0.2, 0.25) is 5.91 Å². The maximum absolute atomic E-state index is 13.3. The zero-order chi connectivity index (χ0) is 22.8. The maximum Gasteiger partial charge on any atom is 0.269 e. The largest absolute Gasteiger partial charge is 0.324 e. The lowest BCUT2D eigenvalue weighted by molar-refractivity contribution is -0.384. The molecule has 3 amide bonds. The molecule has 1 unspecified atom stereocenters. The highest BCUT2D eigenvalue weighted by Crippen LogP contribution is 2.27. The number of fused-ring (bicyclic) bond motifs is 1. The Kier molecular flexibility index (Phi) is 5.51. The predicted octanol–water partition coefficient (Wildman–Crippen LogP) is 3.75. The molecule has 0 aliphatic carbocycles. The van der Waals surface area contributed by atoms with Gasteiger partial charge in [0.1, 0.15) is 6.04 Å². The second-order valence-electron chi connectivity index (χ2n) is 7.53. The van der Waals surface area contributed by atoms with Gasteiger partial charge in [-0.25, -0.2) is 0 Å². The maximum atomic E-state index is 13.3. The Labute approximate surface area is 183 Å². The van der Waals surface area contributed by atoms with E-state index in [1.165, 1.54) is 24.3 Å². The van der Waals surface area contributed by atoms with Gasteiger partial charge in [-0.05, 0) is 42.3 Å². The zero-order valence-corrected chi connectivity index (χ0v) is 17.1. The summed E-state index contributed by atoms with van der Waals surface area (Å²) < 4.78 is 0. The number of hydrogen-bond acceptors (Lipinski definition) is 5. The lowest BCUT2D eigenvalue weighted by atomic mass is 10.0.